The molecule has 0 bridgehead atoms. The first-order chi connectivity index (χ1) is 17.8. The second-order valence-electron chi connectivity index (χ2n) is 8.65. The van der Waals surface area contributed by atoms with Gasteiger partial charge < -0.3 is 19.7 Å². The van der Waals surface area contributed by atoms with Crippen LogP contribution in [-0.2, 0) is 16.0 Å². The van der Waals surface area contributed by atoms with Gasteiger partial charge in [0.2, 0.25) is 0 Å². The lowest BCUT2D eigenvalue weighted by Crippen LogP contribution is -2.31. The molecule has 1 aliphatic heterocycles. The molecule has 1 aromatic heterocycles. The number of hydrogen-bond donors (Lipinski definition) is 2. The minimum atomic E-state index is -1.01. The van der Waals surface area contributed by atoms with Crippen molar-refractivity contribution >= 4 is 51.6 Å². The molecule has 1 atom stereocenters. The van der Waals surface area contributed by atoms with Gasteiger partial charge in [0, 0.05) is 34.2 Å². The van der Waals surface area contributed by atoms with Crippen LogP contribution in [0.5, 0.6) is 5.75 Å². The third-order valence-corrected chi connectivity index (χ3v) is 7.04. The topological polar surface area (TPSA) is 82.6 Å². The smallest absolute Gasteiger partial charge is 0.295 e. The number of benzene rings is 3. The highest BCUT2D eigenvalue weighted by atomic mass is 35.5. The normalized spacial score (nSPS) is 17.1. The number of carbonyl (C=O) groups excluding carboxylic acids is 2. The summed E-state index contributed by atoms with van der Waals surface area (Å²) in [5.74, 6) is -1.96. The molecule has 2 heterocycles. The van der Waals surface area contributed by atoms with Crippen LogP contribution < -0.4 is 4.74 Å². The first kappa shape index (κ1) is 24.9. The van der Waals surface area contributed by atoms with Crippen molar-refractivity contribution in [1.29, 1.82) is 0 Å². The molecule has 1 amide bonds. The Hall–Kier alpha value is -3.81. The number of rotatable bonds is 6. The standard InChI is InChI=1S/C28H21Cl2FN2O4/c1-37-19-6-8-23-21(13-19)16(14-32-23)9-10-33-25(15-3-2-4-18(31)11-15)24(27(35)28(33)36)26(34)20-7-5-17(29)12-22(20)30/h2-8,11-14,25,32,34H,9-10H2,1H3/t25-/m1/s1. The Balaban J connectivity index is 1.58. The van der Waals surface area contributed by atoms with E-state index in [1.54, 1.807) is 13.2 Å². The predicted octanol–water partition coefficient (Wildman–Crippen LogP) is 6.29. The third kappa shape index (κ3) is 4.56. The average Bonchev–Trinajstić information content (AvgIpc) is 3.40. The van der Waals surface area contributed by atoms with Crippen LogP contribution in [-0.4, -0.2) is 40.3 Å². The van der Waals surface area contributed by atoms with Crippen molar-refractivity contribution in [2.75, 3.05) is 13.7 Å². The Bertz CT molecular complexity index is 1580. The minimum Gasteiger partial charge on any atom is -0.507 e. The number of halogens is 3. The molecule has 5 rings (SSSR count). The number of aromatic nitrogens is 1. The highest BCUT2D eigenvalue weighted by Gasteiger charge is 2.46. The van der Waals surface area contributed by atoms with Crippen LogP contribution in [0.4, 0.5) is 4.39 Å². The summed E-state index contributed by atoms with van der Waals surface area (Å²) >= 11 is 12.3. The maximum Gasteiger partial charge on any atom is 0.295 e. The molecule has 6 nitrogen and oxygen atoms in total. The number of H-pyrrole nitrogens is 1. The molecule has 188 valence electrons. The van der Waals surface area contributed by atoms with Gasteiger partial charge in [0.05, 0.1) is 23.7 Å². The van der Waals surface area contributed by atoms with E-state index in [0.717, 1.165) is 16.5 Å². The monoisotopic (exact) mass is 538 g/mol. The highest BCUT2D eigenvalue weighted by molar-refractivity contribution is 6.47. The van der Waals surface area contributed by atoms with Gasteiger partial charge >= 0.3 is 0 Å². The number of nitrogens with one attached hydrogen (secondary N) is 1. The molecule has 0 unspecified atom stereocenters. The summed E-state index contributed by atoms with van der Waals surface area (Å²) in [6, 6.07) is 14.6. The van der Waals surface area contributed by atoms with Gasteiger partial charge in [-0.1, -0.05) is 35.3 Å². The maximum atomic E-state index is 14.2. The Kier molecular flexibility index (Phi) is 6.67. The van der Waals surface area contributed by atoms with E-state index in [1.165, 1.54) is 41.3 Å². The summed E-state index contributed by atoms with van der Waals surface area (Å²) in [4.78, 5) is 31.0. The molecule has 0 spiro atoms. The molecular weight excluding hydrogens is 518 g/mol. The largest absolute Gasteiger partial charge is 0.507 e. The van der Waals surface area contributed by atoms with Crippen LogP contribution in [0, 0.1) is 5.82 Å². The van der Waals surface area contributed by atoms with Crippen LogP contribution in [0.2, 0.25) is 10.0 Å². The van der Waals surface area contributed by atoms with Crippen molar-refractivity contribution in [2.24, 2.45) is 0 Å². The quantitative estimate of drug-likeness (QED) is 0.172. The predicted molar refractivity (Wildman–Crippen MR) is 140 cm³/mol. The summed E-state index contributed by atoms with van der Waals surface area (Å²) in [5.41, 5.74) is 2.15. The zero-order valence-corrected chi connectivity index (χ0v) is 21.1. The number of nitrogens with zero attached hydrogens (tertiary/aromatic N) is 1. The molecule has 4 aromatic rings. The number of amides is 1. The number of aliphatic hydroxyl groups excluding tert-OH is 1. The number of Topliss-reactive ketones (excluding diaryl/α,β-unsaturated/α-hetero) is 1. The summed E-state index contributed by atoms with van der Waals surface area (Å²) in [7, 11) is 1.58. The minimum absolute atomic E-state index is 0.113. The van der Waals surface area contributed by atoms with Gasteiger partial charge in [-0.25, -0.2) is 4.39 Å². The van der Waals surface area contributed by atoms with Crippen LogP contribution in [0.25, 0.3) is 16.7 Å². The van der Waals surface area contributed by atoms with Crippen LogP contribution in [0.1, 0.15) is 22.7 Å². The van der Waals surface area contributed by atoms with Crippen LogP contribution in [0.3, 0.4) is 0 Å². The Morgan fingerprint density at radius 1 is 1.11 bits per heavy atom. The number of methoxy groups -OCH3 is 1. The SMILES string of the molecule is COc1ccc2[nH]cc(CCN3C(=O)C(=O)C(=C(O)c4ccc(Cl)cc4Cl)[C@H]3c3cccc(F)c3)c2c1. The van der Waals surface area contributed by atoms with Crippen LogP contribution >= 0.6 is 23.2 Å². The first-order valence-electron chi connectivity index (χ1n) is 11.4. The maximum absolute atomic E-state index is 14.2. The van der Waals surface area contributed by atoms with Gasteiger partial charge in [-0.05, 0) is 66.1 Å². The van der Waals surface area contributed by atoms with E-state index < -0.39 is 29.3 Å². The molecule has 0 radical (unpaired) electrons. The van der Waals surface area contributed by atoms with Gasteiger partial charge in [-0.2, -0.15) is 0 Å². The van der Waals surface area contributed by atoms with Gasteiger partial charge in [-0.15, -0.1) is 0 Å². The van der Waals surface area contributed by atoms with Gasteiger partial charge in [0.25, 0.3) is 11.7 Å². The molecular formula is C28H21Cl2FN2O4. The van der Waals surface area contributed by atoms with Gasteiger partial charge in [0.15, 0.2) is 0 Å². The summed E-state index contributed by atoms with van der Waals surface area (Å²) in [6.45, 7) is 0.140. The van der Waals surface area contributed by atoms with E-state index in [4.69, 9.17) is 27.9 Å². The molecule has 0 saturated carbocycles. The van der Waals surface area contributed by atoms with Gasteiger partial charge in [-0.3, -0.25) is 9.59 Å². The zero-order chi connectivity index (χ0) is 26.3. The average molecular weight is 539 g/mol. The summed E-state index contributed by atoms with van der Waals surface area (Å²) < 4.78 is 19.6. The van der Waals surface area contributed by atoms with Crippen molar-refractivity contribution in [3.63, 3.8) is 0 Å². The third-order valence-electron chi connectivity index (χ3n) is 6.49. The molecule has 1 saturated heterocycles. The van der Waals surface area contributed by atoms with Crippen molar-refractivity contribution in [3.05, 3.63) is 105 Å². The molecule has 9 heteroatoms. The van der Waals surface area contributed by atoms with Gasteiger partial charge in [0.1, 0.15) is 17.3 Å². The highest BCUT2D eigenvalue weighted by Crippen LogP contribution is 2.41. The summed E-state index contributed by atoms with van der Waals surface area (Å²) in [6.07, 6.45) is 2.24. The van der Waals surface area contributed by atoms with E-state index >= 15 is 0 Å². The number of ether oxygens (including phenoxy) is 1. The number of aromatic amines is 1. The van der Waals surface area contributed by atoms with Crippen molar-refractivity contribution < 1.29 is 23.8 Å². The molecule has 2 N–H and O–H groups in total. The van der Waals surface area contributed by atoms with E-state index in [0.29, 0.717) is 22.8 Å². The van der Waals surface area contributed by atoms with E-state index in [-0.39, 0.29) is 22.7 Å². The lowest BCUT2D eigenvalue weighted by molar-refractivity contribution is -0.139. The lowest BCUT2D eigenvalue weighted by atomic mass is 9.95. The van der Waals surface area contributed by atoms with E-state index in [2.05, 4.69) is 4.98 Å². The molecule has 1 fully saturated rings. The number of ketones is 1. The Labute approximate surface area is 221 Å². The zero-order valence-electron chi connectivity index (χ0n) is 19.6. The number of hydrogen-bond acceptors (Lipinski definition) is 4. The number of likely N-dealkylation sites (tertiary alicyclic amines) is 1. The fourth-order valence-corrected chi connectivity index (χ4v) is 5.19. The molecule has 0 aliphatic carbocycles. The fourth-order valence-electron chi connectivity index (χ4n) is 4.69. The van der Waals surface area contributed by atoms with Crippen molar-refractivity contribution in [2.45, 2.75) is 12.5 Å². The number of carbonyl (C=O) groups is 2. The van der Waals surface area contributed by atoms with E-state index in [9.17, 15) is 19.1 Å². The number of aliphatic hydroxyl groups is 1. The van der Waals surface area contributed by atoms with Crippen LogP contribution in [0.15, 0.2) is 72.4 Å². The van der Waals surface area contributed by atoms with Crippen molar-refractivity contribution in [1.82, 2.24) is 9.88 Å². The first-order valence-corrected chi connectivity index (χ1v) is 12.2. The molecule has 1 aliphatic rings. The second kappa shape index (κ2) is 9.92. The second-order valence-corrected chi connectivity index (χ2v) is 9.49. The lowest BCUT2D eigenvalue weighted by Gasteiger charge is -2.25. The molecule has 3 aromatic carbocycles. The van der Waals surface area contributed by atoms with E-state index in [1.807, 2.05) is 24.4 Å². The van der Waals surface area contributed by atoms with Crippen molar-refractivity contribution in [3.8, 4) is 5.75 Å². The Morgan fingerprint density at radius 3 is 2.65 bits per heavy atom. The number of fused-ring (bicyclic) bond motifs is 1. The Morgan fingerprint density at radius 2 is 1.92 bits per heavy atom. The fraction of sp³-hybridized carbons (Fsp3) is 0.143. The molecule has 37 heavy (non-hydrogen) atoms. The summed E-state index contributed by atoms with van der Waals surface area (Å²) in [5, 5.41) is 12.6.